The Balaban J connectivity index is 2.21. The number of nitrogens with one attached hydrogen (secondary N) is 1. The van der Waals surface area contributed by atoms with Gasteiger partial charge < -0.3 is 14.7 Å². The number of nitrogens with zero attached hydrogens (tertiary/aromatic N) is 2. The van der Waals surface area contributed by atoms with Crippen LogP contribution in [0.1, 0.15) is 23.3 Å². The summed E-state index contributed by atoms with van der Waals surface area (Å²) in [5.74, 6) is 0.421. The van der Waals surface area contributed by atoms with Crippen molar-refractivity contribution in [3.8, 4) is 0 Å². The number of carbonyl (C=O) groups is 2. The second-order valence-corrected chi connectivity index (χ2v) is 5.00. The fraction of sp³-hybridized carbons (Fsp3) is 0.267. The summed E-state index contributed by atoms with van der Waals surface area (Å²) >= 11 is 0. The molecular weight excluding hydrogens is 270 g/mol. The van der Waals surface area contributed by atoms with E-state index in [1.165, 1.54) is 7.11 Å². The van der Waals surface area contributed by atoms with E-state index in [1.807, 2.05) is 34.9 Å². The number of hydrogen-bond acceptors (Lipinski definition) is 4. The average Bonchev–Trinajstić information content (AvgIpc) is 3.21. The maximum Gasteiger partial charge on any atom is 0.212 e. The first-order chi connectivity index (χ1) is 10.3. The lowest BCUT2D eigenvalue weighted by atomic mass is 10.2. The van der Waals surface area contributed by atoms with Crippen LogP contribution in [0.25, 0.3) is 10.9 Å². The van der Waals surface area contributed by atoms with Gasteiger partial charge in [-0.2, -0.15) is 0 Å². The third-order valence-electron chi connectivity index (χ3n) is 3.83. The molecule has 0 radical (unpaired) electrons. The van der Waals surface area contributed by atoms with Crippen LogP contribution in [0.3, 0.4) is 0 Å². The van der Waals surface area contributed by atoms with Crippen LogP contribution in [0.2, 0.25) is 0 Å². The van der Waals surface area contributed by atoms with E-state index in [2.05, 4.69) is 10.5 Å². The van der Waals surface area contributed by atoms with Gasteiger partial charge in [-0.05, 0) is 25.0 Å². The van der Waals surface area contributed by atoms with Crippen molar-refractivity contribution in [2.24, 2.45) is 5.16 Å². The second kappa shape index (κ2) is 5.05. The van der Waals surface area contributed by atoms with Crippen molar-refractivity contribution in [2.75, 3.05) is 7.11 Å². The van der Waals surface area contributed by atoms with E-state index in [4.69, 9.17) is 4.84 Å². The van der Waals surface area contributed by atoms with Crippen LogP contribution in [0, 0.1) is 0 Å². The Bertz CT molecular complexity index is 729. The minimum atomic E-state index is -0.518. The summed E-state index contributed by atoms with van der Waals surface area (Å²) in [6.45, 7) is 0. The number of oxime groups is 1. The zero-order chi connectivity index (χ0) is 14.9. The van der Waals surface area contributed by atoms with Crippen LogP contribution in [0.5, 0.6) is 0 Å². The van der Waals surface area contributed by atoms with E-state index in [-0.39, 0.29) is 0 Å². The Hall–Kier alpha value is -2.63. The summed E-state index contributed by atoms with van der Waals surface area (Å²) in [6, 6.07) is 9.59. The Kier molecular flexibility index (Phi) is 3.21. The number of carbonyl (C=O) groups excluding carboxylic acids is 2. The number of hydrogen-bond donors (Lipinski definition) is 1. The van der Waals surface area contributed by atoms with Gasteiger partial charge in [0.1, 0.15) is 12.6 Å². The van der Waals surface area contributed by atoms with E-state index in [9.17, 15) is 9.59 Å². The number of benzene rings is 1. The van der Waals surface area contributed by atoms with Gasteiger partial charge in [0.2, 0.25) is 6.41 Å². The average molecular weight is 285 g/mol. The van der Waals surface area contributed by atoms with Gasteiger partial charge in [0.25, 0.3) is 0 Å². The summed E-state index contributed by atoms with van der Waals surface area (Å²) in [5, 5.41) is 7.50. The van der Waals surface area contributed by atoms with Crippen molar-refractivity contribution in [2.45, 2.75) is 18.4 Å². The van der Waals surface area contributed by atoms with Crippen LogP contribution >= 0.6 is 0 Å². The summed E-state index contributed by atoms with van der Waals surface area (Å²) in [6.07, 6.45) is 2.97. The Morgan fingerprint density at radius 2 is 2.14 bits per heavy atom. The normalized spacial score (nSPS) is 16.5. The molecule has 108 valence electrons. The van der Waals surface area contributed by atoms with Gasteiger partial charge in [0.15, 0.2) is 12.1 Å². The molecule has 1 aromatic carbocycles. The summed E-state index contributed by atoms with van der Waals surface area (Å²) in [4.78, 5) is 27.1. The maximum atomic E-state index is 11.4. The first-order valence-electron chi connectivity index (χ1n) is 6.65. The number of amidine groups is 1. The van der Waals surface area contributed by atoms with Crippen molar-refractivity contribution in [1.29, 1.82) is 0 Å². The van der Waals surface area contributed by atoms with Crippen LogP contribution in [-0.4, -0.2) is 30.2 Å². The molecule has 1 saturated carbocycles. The molecule has 1 aliphatic carbocycles. The first kappa shape index (κ1) is 13.4. The predicted octanol–water partition coefficient (Wildman–Crippen LogP) is 1.65. The van der Waals surface area contributed by atoms with Crippen molar-refractivity contribution < 1.29 is 14.4 Å². The van der Waals surface area contributed by atoms with Gasteiger partial charge in [-0.15, -0.1) is 0 Å². The Morgan fingerprint density at radius 3 is 2.76 bits per heavy atom. The minimum absolute atomic E-state index is 0.421. The van der Waals surface area contributed by atoms with Crippen molar-refractivity contribution in [3.05, 3.63) is 36.0 Å². The third-order valence-corrected chi connectivity index (χ3v) is 3.83. The monoisotopic (exact) mass is 285 g/mol. The fourth-order valence-electron chi connectivity index (χ4n) is 2.82. The number of amides is 1. The van der Waals surface area contributed by atoms with Gasteiger partial charge in [-0.1, -0.05) is 23.4 Å². The molecule has 1 fully saturated rings. The number of para-hydroxylation sites is 1. The SMILES string of the molecule is CO/N=C(\NC=O)C1(n2c(C=O)cc3ccccc32)CC1. The van der Waals surface area contributed by atoms with E-state index < -0.39 is 5.54 Å². The smallest absolute Gasteiger partial charge is 0.212 e. The summed E-state index contributed by atoms with van der Waals surface area (Å²) in [5.41, 5.74) is 0.981. The van der Waals surface area contributed by atoms with Crippen molar-refractivity contribution in [1.82, 2.24) is 9.88 Å². The van der Waals surface area contributed by atoms with E-state index in [0.717, 1.165) is 30.0 Å². The number of aromatic nitrogens is 1. The third kappa shape index (κ3) is 1.99. The highest BCUT2D eigenvalue weighted by molar-refractivity contribution is 6.01. The molecule has 3 rings (SSSR count). The molecule has 0 unspecified atom stereocenters. The Morgan fingerprint density at radius 1 is 1.38 bits per heavy atom. The zero-order valence-corrected chi connectivity index (χ0v) is 11.6. The molecule has 0 bridgehead atoms. The zero-order valence-electron chi connectivity index (χ0n) is 11.6. The van der Waals surface area contributed by atoms with Gasteiger partial charge in [-0.25, -0.2) is 0 Å². The lowest BCUT2D eigenvalue weighted by Gasteiger charge is -2.21. The predicted molar refractivity (Wildman–Crippen MR) is 78.2 cm³/mol. The topological polar surface area (TPSA) is 72.7 Å². The second-order valence-electron chi connectivity index (χ2n) is 5.00. The van der Waals surface area contributed by atoms with Crippen LogP contribution < -0.4 is 5.32 Å². The fourth-order valence-corrected chi connectivity index (χ4v) is 2.82. The van der Waals surface area contributed by atoms with Gasteiger partial charge >= 0.3 is 0 Å². The maximum absolute atomic E-state index is 11.4. The molecule has 1 aliphatic rings. The molecular formula is C15H15N3O3. The van der Waals surface area contributed by atoms with Crippen LogP contribution in [0.15, 0.2) is 35.5 Å². The van der Waals surface area contributed by atoms with Crippen LogP contribution in [-0.2, 0) is 15.2 Å². The lowest BCUT2D eigenvalue weighted by molar-refractivity contribution is -0.108. The summed E-state index contributed by atoms with van der Waals surface area (Å²) in [7, 11) is 1.43. The molecule has 0 aliphatic heterocycles. The molecule has 1 aromatic heterocycles. The quantitative estimate of drug-likeness (QED) is 0.393. The molecule has 6 heteroatoms. The van der Waals surface area contributed by atoms with Crippen molar-refractivity contribution >= 4 is 29.4 Å². The standard InChI is InChI=1S/C15H15N3O3/c1-21-17-14(16-10-20)15(6-7-15)18-12(9-19)8-11-4-2-3-5-13(11)18/h2-5,8-10H,6-7H2,1H3,(H,16,17,20). The minimum Gasteiger partial charge on any atom is -0.398 e. The summed E-state index contributed by atoms with van der Waals surface area (Å²) < 4.78 is 1.93. The molecule has 0 spiro atoms. The molecule has 0 atom stereocenters. The molecule has 0 saturated heterocycles. The highest BCUT2D eigenvalue weighted by Crippen LogP contribution is 2.47. The van der Waals surface area contributed by atoms with E-state index >= 15 is 0 Å². The van der Waals surface area contributed by atoms with Crippen LogP contribution in [0.4, 0.5) is 0 Å². The molecule has 1 N–H and O–H groups in total. The molecule has 6 nitrogen and oxygen atoms in total. The number of rotatable bonds is 5. The van der Waals surface area contributed by atoms with Gasteiger partial charge in [0.05, 0.1) is 5.69 Å². The highest BCUT2D eigenvalue weighted by atomic mass is 16.6. The Labute approximate surface area is 121 Å². The molecule has 1 amide bonds. The number of aldehydes is 1. The lowest BCUT2D eigenvalue weighted by Crippen LogP contribution is -2.39. The molecule has 21 heavy (non-hydrogen) atoms. The van der Waals surface area contributed by atoms with Gasteiger partial charge in [0, 0.05) is 10.9 Å². The number of fused-ring (bicyclic) bond motifs is 1. The van der Waals surface area contributed by atoms with Gasteiger partial charge in [-0.3, -0.25) is 9.59 Å². The van der Waals surface area contributed by atoms with E-state index in [0.29, 0.717) is 17.9 Å². The van der Waals surface area contributed by atoms with E-state index in [1.54, 1.807) is 0 Å². The highest BCUT2D eigenvalue weighted by Gasteiger charge is 2.51. The largest absolute Gasteiger partial charge is 0.398 e. The first-order valence-corrected chi connectivity index (χ1v) is 6.65. The van der Waals surface area contributed by atoms with Crippen molar-refractivity contribution in [3.63, 3.8) is 0 Å². The molecule has 1 heterocycles. The molecule has 2 aromatic rings.